The number of para-hydroxylation sites is 1. The quantitative estimate of drug-likeness (QED) is 0.177. The average Bonchev–Trinajstić information content (AvgIpc) is 2.62. The van der Waals surface area contributed by atoms with E-state index >= 15 is 0 Å². The van der Waals surface area contributed by atoms with Crippen molar-refractivity contribution in [1.82, 2.24) is 0 Å². The molecule has 0 atom stereocenters. The van der Waals surface area contributed by atoms with E-state index in [-0.39, 0.29) is 188 Å². The molecular weight excluding hydrogens is 587 g/mol. The first-order chi connectivity index (χ1) is 12.6. The van der Waals surface area contributed by atoms with E-state index in [1.165, 1.54) is 0 Å². The second-order valence-corrected chi connectivity index (χ2v) is 5.78. The van der Waals surface area contributed by atoms with Crippen LogP contribution < -0.4 is 175 Å². The first-order valence-electron chi connectivity index (χ1n) is 9.29. The molecule has 148 valence electrons. The number of rotatable bonds is 12. The Morgan fingerprint density at radius 3 is 2.14 bits per heavy atom. The number of ether oxygens (including phenoxy) is 1. The van der Waals surface area contributed by atoms with E-state index in [0.717, 1.165) is 19.5 Å². The van der Waals surface area contributed by atoms with Crippen LogP contribution in [0.3, 0.4) is 0 Å². The van der Waals surface area contributed by atoms with Crippen molar-refractivity contribution in [2.24, 2.45) is 5.92 Å². The molecule has 29 heavy (non-hydrogen) atoms. The molecule has 0 N–H and O–H groups in total. The van der Waals surface area contributed by atoms with Crippen molar-refractivity contribution in [3.8, 4) is 0 Å². The van der Waals surface area contributed by atoms with Crippen LogP contribution in [0.2, 0.25) is 0 Å². The molecule has 0 spiro atoms. The third kappa shape index (κ3) is 27.6. The summed E-state index contributed by atoms with van der Waals surface area (Å²) in [4.78, 5) is 23.2. The van der Waals surface area contributed by atoms with E-state index in [0.29, 0.717) is 24.8 Å². The summed E-state index contributed by atoms with van der Waals surface area (Å²) in [6.07, 6.45) is 0.568. The number of hydrogen-bond donors (Lipinski definition) is 0. The van der Waals surface area contributed by atoms with E-state index < -0.39 is 11.8 Å². The van der Waals surface area contributed by atoms with Crippen LogP contribution in [0.5, 0.6) is 0 Å². The monoisotopic (exact) mass is 617 g/mol. The van der Waals surface area contributed by atoms with Gasteiger partial charge in [-0.25, -0.2) is 0 Å². The van der Waals surface area contributed by atoms with Gasteiger partial charge in [0.05, 0.1) is 11.8 Å². The van der Waals surface area contributed by atoms with Crippen molar-refractivity contribution in [2.75, 3.05) is 32.8 Å². The van der Waals surface area contributed by atoms with Gasteiger partial charge in [0.25, 0.3) is 0 Å². The zero-order valence-electron chi connectivity index (χ0n) is 19.5. The van der Waals surface area contributed by atoms with Crippen LogP contribution in [-0.4, -0.2) is 44.7 Å². The number of benzene rings is 1. The van der Waals surface area contributed by atoms with Gasteiger partial charge in [-0.1, -0.05) is 63.9 Å². The van der Waals surface area contributed by atoms with Crippen molar-refractivity contribution >= 4 is 17.5 Å². The summed E-state index contributed by atoms with van der Waals surface area (Å²) in [6, 6.07) is 8.82. The Balaban J connectivity index is -0.000000605. The zero-order valence-corrected chi connectivity index (χ0v) is 34.2. The number of carbonyl (C=O) groups excluding carboxylic acids is 2. The van der Waals surface area contributed by atoms with Crippen molar-refractivity contribution in [3.05, 3.63) is 46.3 Å². The Labute approximate surface area is 324 Å². The van der Waals surface area contributed by atoms with Gasteiger partial charge < -0.3 is 30.3 Å². The molecule has 9 heteroatoms. The van der Waals surface area contributed by atoms with Gasteiger partial charge in [-0.05, 0) is 6.42 Å². The summed E-state index contributed by atoms with van der Waals surface area (Å²) in [5, 5.41) is 12.0. The maximum absolute atomic E-state index is 11.6. The third-order valence-electron chi connectivity index (χ3n) is 2.94. The summed E-state index contributed by atoms with van der Waals surface area (Å²) in [5.41, 5.74) is 0.543. The Bertz CT molecular complexity index is 492. The van der Waals surface area contributed by atoms with E-state index in [2.05, 4.69) is 29.8 Å². The van der Waals surface area contributed by atoms with Crippen molar-refractivity contribution in [2.45, 2.75) is 40.5 Å². The van der Waals surface area contributed by atoms with E-state index in [1.54, 1.807) is 24.3 Å². The maximum atomic E-state index is 11.6. The molecule has 0 saturated heterocycles. The molecule has 0 radical (unpaired) electrons. The summed E-state index contributed by atoms with van der Waals surface area (Å²) < 4.78 is 5.38. The van der Waals surface area contributed by atoms with Gasteiger partial charge >= 0.3 is 175 Å². The Morgan fingerprint density at radius 2 is 1.55 bits per heavy atom. The van der Waals surface area contributed by atoms with Crippen molar-refractivity contribution < 1.29 is 189 Å². The molecule has 1 aromatic carbocycles. The molecule has 0 aliphatic carbocycles. The van der Waals surface area contributed by atoms with Crippen LogP contribution in [0, 0.1) is 5.92 Å². The van der Waals surface area contributed by atoms with Crippen LogP contribution in [0.15, 0.2) is 30.3 Å². The number of hydrogen-bond acceptors (Lipinski definition) is 3. The van der Waals surface area contributed by atoms with Gasteiger partial charge in [0.15, 0.2) is 0 Å². The Morgan fingerprint density at radius 1 is 0.931 bits per heavy atom. The van der Waals surface area contributed by atoms with Crippen LogP contribution in [0.4, 0.5) is 5.69 Å². The standard InChI is InChI=1S/C18H28N3O3.C2H6.3Rb/c1-15(2)14-19-9-6-11-24-12-10-20-17(22)13-18(23)21-16-7-4-3-5-8-16;1-2;;;/h3-5,7-8,15H,6,9-14H2,1-2H3,(H2,20,21,22,23);1-2H3;;;/q-1;;3*+1/p-2. The summed E-state index contributed by atoms with van der Waals surface area (Å²) >= 11 is 0. The average molecular weight is 619 g/mol. The third-order valence-corrected chi connectivity index (χ3v) is 2.94. The number of nitrogens with zero attached hydrogens (tertiary/aromatic N) is 3. The molecule has 1 aromatic rings. The van der Waals surface area contributed by atoms with Gasteiger partial charge in [-0.2, -0.15) is 0 Å². The second kappa shape index (κ2) is 29.5. The maximum Gasteiger partial charge on any atom is 1.00 e. The fourth-order valence-corrected chi connectivity index (χ4v) is 1.84. The molecule has 0 unspecified atom stereocenters. The summed E-state index contributed by atoms with van der Waals surface area (Å²) in [7, 11) is 0. The molecule has 0 aliphatic heterocycles. The zero-order chi connectivity index (χ0) is 19.6. The predicted octanol–water partition coefficient (Wildman–Crippen LogP) is -4.02. The largest absolute Gasteiger partial charge is 1.00 e. The molecule has 0 saturated carbocycles. The minimum absolute atomic E-state index is 0. The van der Waals surface area contributed by atoms with Crippen LogP contribution in [-0.2, 0) is 14.3 Å². The molecule has 0 fully saturated rings. The Kier molecular flexibility index (Phi) is 40.4. The first-order valence-corrected chi connectivity index (χ1v) is 9.29. The fourth-order valence-electron chi connectivity index (χ4n) is 1.84. The molecule has 6 nitrogen and oxygen atoms in total. The molecule has 1 rings (SSSR count). The SMILES string of the molecule is CC.CC(C)C[N-]CCCOCC[N-]C(=O)CC(=O)[N-]c1ccccc1.[Rb+].[Rb+].[Rb+]. The van der Waals surface area contributed by atoms with Crippen LogP contribution in [0.1, 0.15) is 40.5 Å². The van der Waals surface area contributed by atoms with E-state index in [4.69, 9.17) is 4.74 Å². The predicted molar refractivity (Wildman–Crippen MR) is 107 cm³/mol. The second-order valence-electron chi connectivity index (χ2n) is 5.78. The molecule has 2 amide bonds. The molecule has 0 aliphatic rings. The summed E-state index contributed by atoms with van der Waals surface area (Å²) in [5.74, 6) is -0.357. The molecule has 0 bridgehead atoms. The van der Waals surface area contributed by atoms with Crippen LogP contribution in [0.25, 0.3) is 16.0 Å². The van der Waals surface area contributed by atoms with Gasteiger partial charge in [-0.3, -0.25) is 0 Å². The van der Waals surface area contributed by atoms with Gasteiger partial charge in [-0.15, -0.1) is 25.3 Å². The molecular formula is C20H32N3O3Rb3. The topological polar surface area (TPSA) is 85.7 Å². The van der Waals surface area contributed by atoms with Crippen molar-refractivity contribution in [3.63, 3.8) is 0 Å². The normalized spacial score (nSPS) is 9.00. The number of carbonyl (C=O) groups is 2. The van der Waals surface area contributed by atoms with E-state index in [1.807, 2.05) is 19.9 Å². The van der Waals surface area contributed by atoms with Gasteiger partial charge in [0, 0.05) is 19.6 Å². The first kappa shape index (κ1) is 39.7. The molecule has 0 heterocycles. The van der Waals surface area contributed by atoms with Gasteiger partial charge in [0.1, 0.15) is 0 Å². The number of amides is 2. The summed E-state index contributed by atoms with van der Waals surface area (Å²) in [6.45, 7) is 11.2. The van der Waals surface area contributed by atoms with Crippen molar-refractivity contribution in [1.29, 1.82) is 0 Å². The van der Waals surface area contributed by atoms with Crippen LogP contribution >= 0.6 is 0 Å². The fraction of sp³-hybridized carbons (Fsp3) is 0.600. The van der Waals surface area contributed by atoms with Gasteiger partial charge in [0.2, 0.25) is 0 Å². The minimum atomic E-state index is -0.484. The Hall–Kier alpha value is 3.50. The molecule has 0 aromatic heterocycles. The minimum Gasteiger partial charge on any atom is -0.662 e. The van der Waals surface area contributed by atoms with E-state index in [9.17, 15) is 9.59 Å². The smallest absolute Gasteiger partial charge is 0.662 e.